The summed E-state index contributed by atoms with van der Waals surface area (Å²) in [6.45, 7) is 2.64. The maximum absolute atomic E-state index is 13.4. The van der Waals surface area contributed by atoms with E-state index in [1.807, 2.05) is 0 Å². The highest BCUT2D eigenvalue weighted by atomic mass is 35.5. The van der Waals surface area contributed by atoms with Gasteiger partial charge < -0.3 is 4.90 Å². The molecule has 2 aromatic carbocycles. The van der Waals surface area contributed by atoms with E-state index in [0.29, 0.717) is 27.2 Å². The Hall–Kier alpha value is -2.55. The molecule has 1 aliphatic rings. The van der Waals surface area contributed by atoms with E-state index >= 15 is 0 Å². The van der Waals surface area contributed by atoms with E-state index in [0.717, 1.165) is 0 Å². The molecule has 1 aromatic heterocycles. The molecule has 0 unspecified atom stereocenters. The van der Waals surface area contributed by atoms with Crippen molar-refractivity contribution in [2.24, 2.45) is 0 Å². The highest BCUT2D eigenvalue weighted by molar-refractivity contribution is 7.89. The van der Waals surface area contributed by atoms with Crippen LogP contribution in [-0.2, 0) is 10.0 Å². The second kappa shape index (κ2) is 7.94. The number of piperazine rings is 1. The van der Waals surface area contributed by atoms with Crippen molar-refractivity contribution >= 4 is 38.4 Å². The molecular formula is C21H19ClFN3O3S. The number of fused-ring (bicyclic) bond motifs is 1. The van der Waals surface area contributed by atoms with Crippen LogP contribution in [0.1, 0.15) is 16.1 Å². The molecule has 0 saturated carbocycles. The summed E-state index contributed by atoms with van der Waals surface area (Å²) in [6, 6.07) is 12.0. The zero-order valence-electron chi connectivity index (χ0n) is 16.2. The summed E-state index contributed by atoms with van der Waals surface area (Å²) < 4.78 is 40.4. The molecule has 0 atom stereocenters. The second-order valence-corrected chi connectivity index (χ2v) is 9.48. The van der Waals surface area contributed by atoms with Gasteiger partial charge in [-0.2, -0.15) is 4.31 Å². The predicted molar refractivity (Wildman–Crippen MR) is 113 cm³/mol. The summed E-state index contributed by atoms with van der Waals surface area (Å²) in [5.74, 6) is -0.596. The molecule has 0 aliphatic carbocycles. The third-order valence-corrected chi connectivity index (χ3v) is 7.34. The van der Waals surface area contributed by atoms with Crippen LogP contribution in [0.15, 0.2) is 53.4 Å². The first-order chi connectivity index (χ1) is 14.3. The highest BCUT2D eigenvalue weighted by Gasteiger charge is 2.31. The van der Waals surface area contributed by atoms with Crippen molar-refractivity contribution in [2.45, 2.75) is 11.8 Å². The number of sulfonamides is 1. The fraction of sp³-hybridized carbons (Fsp3) is 0.238. The van der Waals surface area contributed by atoms with Gasteiger partial charge in [0.15, 0.2) is 0 Å². The number of carbonyl (C=O) groups excluding carboxylic acids is 1. The minimum Gasteiger partial charge on any atom is -0.336 e. The summed E-state index contributed by atoms with van der Waals surface area (Å²) in [4.78, 5) is 19.2. The van der Waals surface area contributed by atoms with Crippen molar-refractivity contribution in [3.05, 3.63) is 70.6 Å². The fourth-order valence-electron chi connectivity index (χ4n) is 3.51. The third-order valence-electron chi connectivity index (χ3n) is 5.18. The van der Waals surface area contributed by atoms with Crippen LogP contribution in [0.5, 0.6) is 0 Å². The van der Waals surface area contributed by atoms with E-state index in [-0.39, 0.29) is 42.8 Å². The summed E-state index contributed by atoms with van der Waals surface area (Å²) >= 11 is 5.84. The molecular weight excluding hydrogens is 429 g/mol. The molecule has 0 N–H and O–H groups in total. The molecule has 30 heavy (non-hydrogen) atoms. The lowest BCUT2D eigenvalue weighted by Gasteiger charge is -2.34. The molecule has 0 spiro atoms. The number of carbonyl (C=O) groups is 1. The fourth-order valence-corrected chi connectivity index (χ4v) is 5.06. The van der Waals surface area contributed by atoms with E-state index in [9.17, 15) is 17.6 Å². The van der Waals surface area contributed by atoms with Gasteiger partial charge in [0.2, 0.25) is 10.0 Å². The summed E-state index contributed by atoms with van der Waals surface area (Å²) in [6.07, 6.45) is 0. The Morgan fingerprint density at radius 2 is 1.70 bits per heavy atom. The van der Waals surface area contributed by atoms with Crippen LogP contribution >= 0.6 is 11.6 Å². The van der Waals surface area contributed by atoms with Crippen molar-refractivity contribution < 1.29 is 17.6 Å². The minimum absolute atomic E-state index is 0.175. The van der Waals surface area contributed by atoms with Crippen LogP contribution < -0.4 is 0 Å². The van der Waals surface area contributed by atoms with E-state index in [1.165, 1.54) is 40.7 Å². The van der Waals surface area contributed by atoms with Crippen LogP contribution in [0.3, 0.4) is 0 Å². The van der Waals surface area contributed by atoms with E-state index in [1.54, 1.807) is 24.0 Å². The Morgan fingerprint density at radius 1 is 1.03 bits per heavy atom. The van der Waals surface area contributed by atoms with Gasteiger partial charge >= 0.3 is 0 Å². The Balaban J connectivity index is 1.51. The van der Waals surface area contributed by atoms with Crippen molar-refractivity contribution in [2.75, 3.05) is 26.2 Å². The predicted octanol–water partition coefficient (Wildman–Crippen LogP) is 3.48. The first-order valence-corrected chi connectivity index (χ1v) is 11.2. The Bertz CT molecular complexity index is 1220. The molecule has 6 nitrogen and oxygen atoms in total. The van der Waals surface area contributed by atoms with Gasteiger partial charge in [-0.1, -0.05) is 11.6 Å². The minimum atomic E-state index is -3.64. The number of hydrogen-bond acceptors (Lipinski definition) is 4. The average molecular weight is 448 g/mol. The van der Waals surface area contributed by atoms with Crippen molar-refractivity contribution in [1.29, 1.82) is 0 Å². The van der Waals surface area contributed by atoms with E-state index in [2.05, 4.69) is 4.98 Å². The quantitative estimate of drug-likeness (QED) is 0.616. The molecule has 1 aliphatic heterocycles. The summed E-state index contributed by atoms with van der Waals surface area (Å²) in [7, 11) is -3.64. The molecule has 0 bridgehead atoms. The van der Waals surface area contributed by atoms with Gasteiger partial charge in [0.1, 0.15) is 5.82 Å². The largest absolute Gasteiger partial charge is 0.336 e. The molecule has 4 rings (SSSR count). The lowest BCUT2D eigenvalue weighted by molar-refractivity contribution is 0.0697. The zero-order valence-corrected chi connectivity index (χ0v) is 17.8. The number of aromatic nitrogens is 1. The molecule has 1 saturated heterocycles. The smallest absolute Gasteiger partial charge is 0.255 e. The van der Waals surface area contributed by atoms with E-state index in [4.69, 9.17) is 11.6 Å². The number of benzene rings is 2. The molecule has 0 radical (unpaired) electrons. The van der Waals surface area contributed by atoms with Crippen LogP contribution in [0, 0.1) is 12.7 Å². The molecule has 2 heterocycles. The number of rotatable bonds is 3. The Morgan fingerprint density at radius 3 is 2.37 bits per heavy atom. The first kappa shape index (κ1) is 20.7. The van der Waals surface area contributed by atoms with Crippen molar-refractivity contribution in [1.82, 2.24) is 14.2 Å². The van der Waals surface area contributed by atoms with Gasteiger partial charge in [-0.05, 0) is 49.4 Å². The van der Waals surface area contributed by atoms with Gasteiger partial charge in [0, 0.05) is 42.7 Å². The van der Waals surface area contributed by atoms with Crippen LogP contribution in [-0.4, -0.2) is 54.7 Å². The molecule has 156 valence electrons. The lowest BCUT2D eigenvalue weighted by Crippen LogP contribution is -2.50. The average Bonchev–Trinajstić information content (AvgIpc) is 2.73. The van der Waals surface area contributed by atoms with Crippen molar-refractivity contribution in [3.63, 3.8) is 0 Å². The SMILES string of the molecule is Cc1nc2cc(F)ccc2cc1C(=O)N1CCN(S(=O)(=O)c2ccc(Cl)cc2)CC1. The molecule has 3 aromatic rings. The zero-order chi connectivity index (χ0) is 21.5. The maximum atomic E-state index is 13.4. The lowest BCUT2D eigenvalue weighted by atomic mass is 10.1. The van der Waals surface area contributed by atoms with Crippen LogP contribution in [0.4, 0.5) is 4.39 Å². The molecule has 9 heteroatoms. The van der Waals surface area contributed by atoms with Gasteiger partial charge in [-0.25, -0.2) is 12.8 Å². The monoisotopic (exact) mass is 447 g/mol. The third kappa shape index (κ3) is 3.90. The number of pyridine rings is 1. The van der Waals surface area contributed by atoms with Gasteiger partial charge in [0.25, 0.3) is 5.91 Å². The Labute approximate surface area is 178 Å². The van der Waals surface area contributed by atoms with Crippen LogP contribution in [0.25, 0.3) is 10.9 Å². The van der Waals surface area contributed by atoms with E-state index < -0.39 is 10.0 Å². The first-order valence-electron chi connectivity index (χ1n) is 9.37. The highest BCUT2D eigenvalue weighted by Crippen LogP contribution is 2.22. The van der Waals surface area contributed by atoms with Crippen molar-refractivity contribution in [3.8, 4) is 0 Å². The number of aryl methyl sites for hydroxylation is 1. The van der Waals surface area contributed by atoms with Gasteiger partial charge in [-0.15, -0.1) is 0 Å². The number of nitrogens with zero attached hydrogens (tertiary/aromatic N) is 3. The Kier molecular flexibility index (Phi) is 5.48. The summed E-state index contributed by atoms with van der Waals surface area (Å²) in [5.41, 5.74) is 1.43. The standard InChI is InChI=1S/C21H19ClFN3O3S/c1-14-19(12-15-2-5-17(23)13-20(15)24-14)21(27)25-8-10-26(11-9-25)30(28,29)18-6-3-16(22)4-7-18/h2-7,12-13H,8-11H2,1H3. The summed E-state index contributed by atoms with van der Waals surface area (Å²) in [5, 5.41) is 1.14. The normalized spacial score (nSPS) is 15.5. The number of halogens is 2. The molecule has 1 amide bonds. The van der Waals surface area contributed by atoms with Crippen LogP contribution in [0.2, 0.25) is 5.02 Å². The van der Waals surface area contributed by atoms with Gasteiger partial charge in [-0.3, -0.25) is 9.78 Å². The topological polar surface area (TPSA) is 70.6 Å². The molecule has 1 fully saturated rings. The number of amides is 1. The van der Waals surface area contributed by atoms with Gasteiger partial charge in [0.05, 0.1) is 21.7 Å². The second-order valence-electron chi connectivity index (χ2n) is 7.11. The maximum Gasteiger partial charge on any atom is 0.255 e. The number of hydrogen-bond donors (Lipinski definition) is 0.